The van der Waals surface area contributed by atoms with Gasteiger partial charge in [-0.15, -0.1) is 0 Å². The Labute approximate surface area is 168 Å². The molecule has 0 radical (unpaired) electrons. The molecule has 8 nitrogen and oxygen atoms in total. The lowest BCUT2D eigenvalue weighted by Gasteiger charge is -2.34. The number of hydrogen-bond donors (Lipinski definition) is 1. The number of amides is 1. The van der Waals surface area contributed by atoms with Crippen molar-refractivity contribution in [3.8, 4) is 17.0 Å². The van der Waals surface area contributed by atoms with Crippen LogP contribution in [0.5, 0.6) is 5.75 Å². The molecule has 148 valence electrons. The molecular formula is C21H21N5O3. The van der Waals surface area contributed by atoms with E-state index in [9.17, 15) is 9.90 Å². The van der Waals surface area contributed by atoms with Crippen LogP contribution in [-0.4, -0.2) is 45.3 Å². The average Bonchev–Trinajstić information content (AvgIpc) is 2.73. The molecule has 0 spiro atoms. The number of aromatic nitrogens is 3. The molecule has 0 fully saturated rings. The molecule has 3 heterocycles. The third-order valence-electron chi connectivity index (χ3n) is 4.52. The maximum Gasteiger partial charge on any atom is 0.411 e. The van der Waals surface area contributed by atoms with Gasteiger partial charge in [-0.3, -0.25) is 9.88 Å². The van der Waals surface area contributed by atoms with Gasteiger partial charge in [0.1, 0.15) is 5.75 Å². The summed E-state index contributed by atoms with van der Waals surface area (Å²) in [6, 6.07) is 11.1. The highest BCUT2D eigenvalue weighted by Gasteiger charge is 2.28. The van der Waals surface area contributed by atoms with Crippen molar-refractivity contribution < 1.29 is 14.6 Å². The molecule has 1 aliphatic rings. The lowest BCUT2D eigenvalue weighted by atomic mass is 10.2. The van der Waals surface area contributed by atoms with Crippen LogP contribution in [0.25, 0.3) is 11.3 Å². The van der Waals surface area contributed by atoms with E-state index in [-0.39, 0.29) is 6.10 Å². The molecule has 0 saturated heterocycles. The Balaban J connectivity index is 1.58. The summed E-state index contributed by atoms with van der Waals surface area (Å²) in [5.74, 6) is 1.24. The fourth-order valence-electron chi connectivity index (χ4n) is 3.25. The van der Waals surface area contributed by atoms with E-state index < -0.39 is 6.09 Å². The van der Waals surface area contributed by atoms with Crippen molar-refractivity contribution in [2.24, 2.45) is 0 Å². The minimum atomic E-state index is -0.968. The van der Waals surface area contributed by atoms with Crippen LogP contribution in [0, 0.1) is 0 Å². The Hall–Kier alpha value is -3.68. The molecule has 0 aliphatic carbocycles. The Bertz CT molecular complexity index is 1010. The third kappa shape index (κ3) is 3.82. The maximum atomic E-state index is 11.5. The molecule has 1 amide bonds. The summed E-state index contributed by atoms with van der Waals surface area (Å²) in [4.78, 5) is 28.2. The summed E-state index contributed by atoms with van der Waals surface area (Å²) < 4.78 is 5.62. The highest BCUT2D eigenvalue weighted by atomic mass is 16.5. The van der Waals surface area contributed by atoms with E-state index in [1.165, 1.54) is 4.90 Å². The van der Waals surface area contributed by atoms with Gasteiger partial charge in [-0.05, 0) is 38.1 Å². The van der Waals surface area contributed by atoms with Crippen LogP contribution in [-0.2, 0) is 0 Å². The van der Waals surface area contributed by atoms with Crippen molar-refractivity contribution in [1.82, 2.24) is 15.0 Å². The number of fused-ring (bicyclic) bond motifs is 1. The Morgan fingerprint density at radius 2 is 1.72 bits per heavy atom. The number of benzene rings is 1. The maximum absolute atomic E-state index is 11.5. The number of pyridine rings is 1. The fourth-order valence-corrected chi connectivity index (χ4v) is 3.25. The van der Waals surface area contributed by atoms with Gasteiger partial charge in [-0.25, -0.2) is 14.8 Å². The van der Waals surface area contributed by atoms with E-state index in [0.29, 0.717) is 30.5 Å². The number of para-hydroxylation sites is 2. The quantitative estimate of drug-likeness (QED) is 0.720. The second kappa shape index (κ2) is 7.75. The number of nitrogens with zero attached hydrogens (tertiary/aromatic N) is 5. The number of rotatable bonds is 4. The zero-order chi connectivity index (χ0) is 20.4. The molecule has 8 heteroatoms. The third-order valence-corrected chi connectivity index (χ3v) is 4.52. The Morgan fingerprint density at radius 1 is 1.00 bits per heavy atom. The minimum Gasteiger partial charge on any atom is -0.489 e. The molecule has 0 bridgehead atoms. The number of anilines is 3. The SMILES string of the molecule is CC(C)Oc1ccc(-c2cnc(N3CCN(C(=O)O)c4ccccc43)nc2)nc1. The molecule has 4 rings (SSSR count). The molecule has 0 unspecified atom stereocenters. The molecule has 1 N–H and O–H groups in total. The van der Waals surface area contributed by atoms with Crippen LogP contribution >= 0.6 is 0 Å². The number of hydrogen-bond acceptors (Lipinski definition) is 6. The average molecular weight is 391 g/mol. The molecule has 0 saturated carbocycles. The standard InChI is InChI=1S/C21H21N5O3/c1-14(2)29-16-7-8-17(22-13-16)15-11-23-20(24-12-15)25-9-10-26(21(27)28)19-6-4-3-5-18(19)25/h3-8,11-14H,9-10H2,1-2H3,(H,27,28). The van der Waals surface area contributed by atoms with Gasteiger partial charge in [0.2, 0.25) is 5.95 Å². The van der Waals surface area contributed by atoms with Crippen molar-refractivity contribution in [3.63, 3.8) is 0 Å². The first-order valence-electron chi connectivity index (χ1n) is 9.35. The number of carboxylic acid groups (broad SMARTS) is 1. The van der Waals surface area contributed by atoms with Gasteiger partial charge in [0.25, 0.3) is 0 Å². The minimum absolute atomic E-state index is 0.0924. The molecule has 2 aromatic heterocycles. The van der Waals surface area contributed by atoms with Gasteiger partial charge in [0, 0.05) is 31.0 Å². The lowest BCUT2D eigenvalue weighted by molar-refractivity contribution is 0.201. The topological polar surface area (TPSA) is 91.7 Å². The Kier molecular flexibility index (Phi) is 4.99. The van der Waals surface area contributed by atoms with Crippen molar-refractivity contribution in [2.45, 2.75) is 20.0 Å². The van der Waals surface area contributed by atoms with E-state index in [1.54, 1.807) is 24.7 Å². The molecule has 3 aromatic rings. The Morgan fingerprint density at radius 3 is 2.34 bits per heavy atom. The summed E-state index contributed by atoms with van der Waals surface area (Å²) in [5, 5.41) is 9.43. The second-order valence-electron chi connectivity index (χ2n) is 6.89. The van der Waals surface area contributed by atoms with Crippen LogP contribution in [0.3, 0.4) is 0 Å². The zero-order valence-corrected chi connectivity index (χ0v) is 16.2. The summed E-state index contributed by atoms with van der Waals surface area (Å²) in [5.41, 5.74) is 2.94. The molecule has 1 aliphatic heterocycles. The van der Waals surface area contributed by atoms with E-state index >= 15 is 0 Å². The number of carbonyl (C=O) groups is 1. The van der Waals surface area contributed by atoms with Crippen molar-refractivity contribution >= 4 is 23.4 Å². The van der Waals surface area contributed by atoms with Crippen molar-refractivity contribution in [1.29, 1.82) is 0 Å². The monoisotopic (exact) mass is 391 g/mol. The van der Waals surface area contributed by atoms with Gasteiger partial charge in [-0.1, -0.05) is 12.1 Å². The second-order valence-corrected chi connectivity index (χ2v) is 6.89. The molecule has 0 atom stereocenters. The summed E-state index contributed by atoms with van der Waals surface area (Å²) in [6.07, 6.45) is 4.25. The largest absolute Gasteiger partial charge is 0.489 e. The first-order valence-corrected chi connectivity index (χ1v) is 9.35. The number of ether oxygens (including phenoxy) is 1. The first-order chi connectivity index (χ1) is 14.0. The van der Waals surface area contributed by atoms with E-state index in [4.69, 9.17) is 4.74 Å². The normalized spacial score (nSPS) is 13.3. The van der Waals surface area contributed by atoms with Crippen LogP contribution in [0.2, 0.25) is 0 Å². The van der Waals surface area contributed by atoms with E-state index in [0.717, 1.165) is 16.9 Å². The summed E-state index contributed by atoms with van der Waals surface area (Å²) in [6.45, 7) is 4.75. The van der Waals surface area contributed by atoms with Gasteiger partial charge in [0.05, 0.1) is 29.4 Å². The summed E-state index contributed by atoms with van der Waals surface area (Å²) >= 11 is 0. The van der Waals surface area contributed by atoms with Gasteiger partial charge in [0.15, 0.2) is 0 Å². The predicted octanol–water partition coefficient (Wildman–Crippen LogP) is 3.96. The van der Waals surface area contributed by atoms with Crippen molar-refractivity contribution in [2.75, 3.05) is 22.9 Å². The highest BCUT2D eigenvalue weighted by Crippen LogP contribution is 2.36. The summed E-state index contributed by atoms with van der Waals surface area (Å²) in [7, 11) is 0. The van der Waals surface area contributed by atoms with Crippen LogP contribution in [0.15, 0.2) is 55.0 Å². The van der Waals surface area contributed by atoms with Crippen LogP contribution < -0.4 is 14.5 Å². The van der Waals surface area contributed by atoms with Crippen LogP contribution in [0.1, 0.15) is 13.8 Å². The zero-order valence-electron chi connectivity index (χ0n) is 16.2. The fraction of sp³-hybridized carbons (Fsp3) is 0.238. The van der Waals surface area contributed by atoms with Crippen LogP contribution in [0.4, 0.5) is 22.1 Å². The first kappa shape index (κ1) is 18.7. The van der Waals surface area contributed by atoms with Crippen molar-refractivity contribution in [3.05, 3.63) is 55.0 Å². The van der Waals surface area contributed by atoms with E-state index in [2.05, 4.69) is 15.0 Å². The lowest BCUT2D eigenvalue weighted by Crippen LogP contribution is -2.42. The molecule has 29 heavy (non-hydrogen) atoms. The smallest absolute Gasteiger partial charge is 0.411 e. The van der Waals surface area contributed by atoms with E-state index in [1.807, 2.05) is 49.1 Å². The predicted molar refractivity (Wildman–Crippen MR) is 110 cm³/mol. The molecule has 1 aromatic carbocycles. The van der Waals surface area contributed by atoms with Gasteiger partial charge in [-0.2, -0.15) is 0 Å². The van der Waals surface area contributed by atoms with Gasteiger partial charge < -0.3 is 14.7 Å². The highest BCUT2D eigenvalue weighted by molar-refractivity contribution is 5.93. The van der Waals surface area contributed by atoms with Gasteiger partial charge >= 0.3 is 6.09 Å². The molecular weight excluding hydrogens is 370 g/mol.